The van der Waals surface area contributed by atoms with E-state index >= 15 is 0 Å². The SMILES string of the molecule is N/C(=C\N(N)C1COC1)Nc1nc(NCC2CC2)c2cc[nH]c2n1. The molecule has 0 amide bonds. The lowest BCUT2D eigenvalue weighted by molar-refractivity contribution is -0.0493. The van der Waals surface area contributed by atoms with Crippen molar-refractivity contribution in [2.45, 2.75) is 18.9 Å². The van der Waals surface area contributed by atoms with Gasteiger partial charge in [-0.2, -0.15) is 9.97 Å². The average molecular weight is 330 g/mol. The molecule has 1 saturated heterocycles. The Morgan fingerprint density at radius 2 is 2.25 bits per heavy atom. The van der Waals surface area contributed by atoms with Gasteiger partial charge in [0.2, 0.25) is 5.95 Å². The largest absolute Gasteiger partial charge is 0.384 e. The lowest BCUT2D eigenvalue weighted by Crippen LogP contribution is -2.50. The molecule has 3 heterocycles. The van der Waals surface area contributed by atoms with E-state index in [1.807, 2.05) is 12.3 Å². The van der Waals surface area contributed by atoms with E-state index in [-0.39, 0.29) is 6.04 Å². The fourth-order valence-electron chi connectivity index (χ4n) is 2.52. The number of nitrogens with one attached hydrogen (secondary N) is 3. The average Bonchev–Trinajstić information content (AvgIpc) is 3.18. The first-order valence-corrected chi connectivity index (χ1v) is 8.13. The van der Waals surface area contributed by atoms with Crippen LogP contribution in [0.2, 0.25) is 0 Å². The van der Waals surface area contributed by atoms with E-state index in [9.17, 15) is 0 Å². The molecule has 0 unspecified atom stereocenters. The maximum absolute atomic E-state index is 6.00. The van der Waals surface area contributed by atoms with Crippen molar-refractivity contribution < 1.29 is 4.74 Å². The highest BCUT2D eigenvalue weighted by atomic mass is 16.5. The van der Waals surface area contributed by atoms with Crippen LogP contribution in [-0.2, 0) is 4.74 Å². The van der Waals surface area contributed by atoms with Gasteiger partial charge >= 0.3 is 0 Å². The number of fused-ring (bicyclic) bond motifs is 1. The first kappa shape index (κ1) is 15.0. The third-order valence-electron chi connectivity index (χ3n) is 4.26. The molecule has 0 aromatic carbocycles. The van der Waals surface area contributed by atoms with Gasteiger partial charge in [-0.15, -0.1) is 0 Å². The van der Waals surface area contributed by atoms with E-state index in [1.54, 1.807) is 11.2 Å². The van der Waals surface area contributed by atoms with Crippen LogP contribution in [0.15, 0.2) is 24.3 Å². The van der Waals surface area contributed by atoms with Crippen LogP contribution in [0, 0.1) is 5.92 Å². The number of hydrogen-bond donors (Lipinski definition) is 5. The molecule has 0 spiro atoms. The van der Waals surface area contributed by atoms with Crippen LogP contribution in [0.3, 0.4) is 0 Å². The van der Waals surface area contributed by atoms with Crippen LogP contribution >= 0.6 is 0 Å². The standard InChI is InChI=1S/C15H22N8O/c16-12(6-23(17)10-7-24-8-10)20-15-21-13-11(3-4-18-13)14(22-15)19-5-9-1-2-9/h3-4,6,9-10H,1-2,5,7-8,16-17H2,(H3,18,19,20,21,22)/b12-6+. The van der Waals surface area contributed by atoms with Gasteiger partial charge in [0.1, 0.15) is 17.3 Å². The van der Waals surface area contributed by atoms with E-state index in [0.717, 1.165) is 29.3 Å². The molecule has 2 aromatic rings. The summed E-state index contributed by atoms with van der Waals surface area (Å²) in [6, 6.07) is 2.12. The maximum atomic E-state index is 6.00. The van der Waals surface area contributed by atoms with Gasteiger partial charge in [0.15, 0.2) is 0 Å². The van der Waals surface area contributed by atoms with Crippen LogP contribution in [0.25, 0.3) is 11.0 Å². The second-order valence-electron chi connectivity index (χ2n) is 6.31. The molecule has 9 heteroatoms. The molecule has 2 fully saturated rings. The molecule has 128 valence electrons. The topological polar surface area (TPSA) is 130 Å². The first-order valence-electron chi connectivity index (χ1n) is 8.13. The number of aromatic amines is 1. The van der Waals surface area contributed by atoms with Gasteiger partial charge < -0.3 is 31.1 Å². The van der Waals surface area contributed by atoms with Crippen molar-refractivity contribution in [3.8, 4) is 0 Å². The number of nitrogens with zero attached hydrogens (tertiary/aromatic N) is 3. The predicted molar refractivity (Wildman–Crippen MR) is 91.6 cm³/mol. The molecule has 1 aliphatic heterocycles. The Labute approximate surface area is 139 Å². The van der Waals surface area contributed by atoms with Crippen LogP contribution in [0.1, 0.15) is 12.8 Å². The van der Waals surface area contributed by atoms with Gasteiger partial charge in [0.05, 0.1) is 30.8 Å². The Balaban J connectivity index is 1.50. The highest BCUT2D eigenvalue weighted by molar-refractivity contribution is 5.88. The van der Waals surface area contributed by atoms with Gasteiger partial charge in [0, 0.05) is 12.7 Å². The molecule has 4 rings (SSSR count). The van der Waals surface area contributed by atoms with E-state index in [0.29, 0.717) is 25.0 Å². The van der Waals surface area contributed by atoms with Crippen molar-refractivity contribution in [2.75, 3.05) is 30.4 Å². The van der Waals surface area contributed by atoms with E-state index in [4.69, 9.17) is 16.3 Å². The van der Waals surface area contributed by atoms with E-state index in [2.05, 4.69) is 25.6 Å². The minimum Gasteiger partial charge on any atom is -0.384 e. The number of hydrogen-bond acceptors (Lipinski definition) is 8. The summed E-state index contributed by atoms with van der Waals surface area (Å²) in [5.41, 5.74) is 6.76. The van der Waals surface area contributed by atoms with Crippen LogP contribution in [-0.4, -0.2) is 45.8 Å². The van der Waals surface area contributed by atoms with Crippen molar-refractivity contribution in [2.24, 2.45) is 17.5 Å². The smallest absolute Gasteiger partial charge is 0.232 e. The lowest BCUT2D eigenvalue weighted by atomic mass is 10.2. The van der Waals surface area contributed by atoms with Crippen LogP contribution < -0.4 is 22.2 Å². The first-order chi connectivity index (χ1) is 11.7. The molecule has 7 N–H and O–H groups in total. The summed E-state index contributed by atoms with van der Waals surface area (Å²) in [7, 11) is 0. The van der Waals surface area contributed by atoms with Crippen molar-refractivity contribution in [3.63, 3.8) is 0 Å². The van der Waals surface area contributed by atoms with Crippen molar-refractivity contribution in [3.05, 3.63) is 24.3 Å². The summed E-state index contributed by atoms with van der Waals surface area (Å²) in [6.45, 7) is 2.15. The van der Waals surface area contributed by atoms with Crippen molar-refractivity contribution in [1.82, 2.24) is 20.0 Å². The number of ether oxygens (including phenoxy) is 1. The second kappa shape index (κ2) is 6.17. The van der Waals surface area contributed by atoms with Crippen molar-refractivity contribution >= 4 is 22.8 Å². The number of nitrogens with two attached hydrogens (primary N) is 2. The van der Waals surface area contributed by atoms with E-state index < -0.39 is 0 Å². The molecule has 24 heavy (non-hydrogen) atoms. The Hall–Kier alpha value is -2.52. The fourth-order valence-corrected chi connectivity index (χ4v) is 2.52. The summed E-state index contributed by atoms with van der Waals surface area (Å²) >= 11 is 0. The number of aromatic nitrogens is 3. The molecule has 0 atom stereocenters. The molecule has 0 bridgehead atoms. The summed E-state index contributed by atoms with van der Waals surface area (Å²) in [6.07, 6.45) is 6.05. The zero-order chi connectivity index (χ0) is 16.5. The number of hydrazine groups is 1. The molecule has 1 aliphatic carbocycles. The lowest BCUT2D eigenvalue weighted by Gasteiger charge is -2.33. The van der Waals surface area contributed by atoms with E-state index in [1.165, 1.54) is 12.8 Å². The van der Waals surface area contributed by atoms with Crippen LogP contribution in [0.5, 0.6) is 0 Å². The molecule has 9 nitrogen and oxygen atoms in total. The Bertz CT molecular complexity index is 749. The van der Waals surface area contributed by atoms with Gasteiger partial charge in [-0.25, -0.2) is 5.84 Å². The third kappa shape index (κ3) is 3.22. The molecule has 2 aliphatic rings. The second-order valence-corrected chi connectivity index (χ2v) is 6.31. The molecular formula is C15H22N8O. The quantitative estimate of drug-likeness (QED) is 0.367. The summed E-state index contributed by atoms with van der Waals surface area (Å²) in [5.74, 6) is 8.29. The van der Waals surface area contributed by atoms with Gasteiger partial charge in [-0.1, -0.05) is 0 Å². The highest BCUT2D eigenvalue weighted by Gasteiger charge is 2.23. The monoisotopic (exact) mass is 330 g/mol. The summed E-state index contributed by atoms with van der Waals surface area (Å²) in [4.78, 5) is 12.1. The van der Waals surface area contributed by atoms with Gasteiger partial charge in [-0.05, 0) is 24.8 Å². The molecular weight excluding hydrogens is 308 g/mol. The minimum atomic E-state index is 0.160. The molecule has 1 saturated carbocycles. The fraction of sp³-hybridized carbons (Fsp3) is 0.467. The zero-order valence-electron chi connectivity index (χ0n) is 13.3. The Kier molecular flexibility index (Phi) is 3.87. The summed E-state index contributed by atoms with van der Waals surface area (Å²) < 4.78 is 5.11. The number of rotatable bonds is 7. The van der Waals surface area contributed by atoms with Gasteiger partial charge in [-0.3, -0.25) is 0 Å². The third-order valence-corrected chi connectivity index (χ3v) is 4.26. The Morgan fingerprint density at radius 1 is 1.42 bits per heavy atom. The van der Waals surface area contributed by atoms with Crippen LogP contribution in [0.4, 0.5) is 11.8 Å². The molecule has 0 radical (unpaired) electrons. The Morgan fingerprint density at radius 3 is 2.96 bits per heavy atom. The summed E-state index contributed by atoms with van der Waals surface area (Å²) in [5, 5.41) is 8.91. The minimum absolute atomic E-state index is 0.160. The van der Waals surface area contributed by atoms with Crippen molar-refractivity contribution in [1.29, 1.82) is 0 Å². The zero-order valence-corrected chi connectivity index (χ0v) is 13.3. The normalized spacial score (nSPS) is 18.5. The number of anilines is 2. The van der Waals surface area contributed by atoms with Gasteiger partial charge in [0.25, 0.3) is 0 Å². The molecule has 2 aromatic heterocycles. The predicted octanol–water partition coefficient (Wildman–Crippen LogP) is 0.524. The maximum Gasteiger partial charge on any atom is 0.232 e. The highest BCUT2D eigenvalue weighted by Crippen LogP contribution is 2.30. The number of H-pyrrole nitrogens is 1.